The van der Waals surface area contributed by atoms with Crippen molar-refractivity contribution < 1.29 is 38.4 Å². The summed E-state index contributed by atoms with van der Waals surface area (Å²) in [6.07, 6.45) is 6.95. The number of rotatable bonds is 17. The lowest BCUT2D eigenvalue weighted by Gasteiger charge is -2.36. The first-order chi connectivity index (χ1) is 26.4. The summed E-state index contributed by atoms with van der Waals surface area (Å²) in [6.45, 7) is 0.797. The number of hydrogen-bond donors (Lipinski definition) is 0. The fourth-order valence-electron chi connectivity index (χ4n) is 6.34. The molecule has 0 aliphatic heterocycles. The van der Waals surface area contributed by atoms with E-state index in [-0.39, 0.29) is 19.4 Å². The van der Waals surface area contributed by atoms with E-state index in [1.54, 1.807) is 14.2 Å². The molecule has 1 aliphatic rings. The number of carboxylic acid groups (broad SMARTS) is 1. The van der Waals surface area contributed by atoms with E-state index in [0.717, 1.165) is 69.0 Å². The third kappa shape index (κ3) is 9.42. The van der Waals surface area contributed by atoms with Crippen LogP contribution >= 0.6 is 0 Å². The molecule has 1 heterocycles. The average molecular weight is 725 g/mol. The van der Waals surface area contributed by atoms with E-state index >= 15 is 0 Å². The highest BCUT2D eigenvalue weighted by atomic mass is 16.5. The number of ether oxygens (including phenoxy) is 5. The van der Waals surface area contributed by atoms with Crippen molar-refractivity contribution in [2.24, 2.45) is 0 Å². The van der Waals surface area contributed by atoms with Crippen molar-refractivity contribution in [2.75, 3.05) is 27.4 Å². The molecule has 0 atom stereocenters. The second-order valence-electron chi connectivity index (χ2n) is 12.8. The second-order valence-corrected chi connectivity index (χ2v) is 12.8. The molecule has 1 aliphatic carbocycles. The van der Waals surface area contributed by atoms with Gasteiger partial charge in [0.1, 0.15) is 36.1 Å². The molecule has 9 heteroatoms. The summed E-state index contributed by atoms with van der Waals surface area (Å²) in [5, 5.41) is 10.6. The van der Waals surface area contributed by atoms with Gasteiger partial charge in [0.15, 0.2) is 0 Å². The molecule has 0 saturated heterocycles. The Morgan fingerprint density at radius 2 is 1.33 bits per heavy atom. The zero-order valence-corrected chi connectivity index (χ0v) is 30.4. The number of esters is 1. The second kappa shape index (κ2) is 18.0. The predicted molar refractivity (Wildman–Crippen MR) is 203 cm³/mol. The topological polar surface area (TPSA) is 116 Å². The number of aliphatic carboxylic acids is 1. The average Bonchev–Trinajstić information content (AvgIpc) is 3.23. The molecule has 5 aromatic rings. The molecule has 4 aromatic carbocycles. The Hall–Kier alpha value is -6.19. The number of pyridine rings is 1. The van der Waals surface area contributed by atoms with E-state index in [9.17, 15) is 14.7 Å². The highest BCUT2D eigenvalue weighted by Crippen LogP contribution is 2.42. The van der Waals surface area contributed by atoms with E-state index in [1.165, 1.54) is 0 Å². The lowest BCUT2D eigenvalue weighted by molar-refractivity contribution is -0.305. The summed E-state index contributed by atoms with van der Waals surface area (Å²) in [7, 11) is 3.31. The minimum Gasteiger partial charge on any atom is -0.550 e. The number of aromatic nitrogens is 1. The van der Waals surface area contributed by atoms with Crippen LogP contribution in [-0.2, 0) is 31.3 Å². The zero-order valence-electron chi connectivity index (χ0n) is 30.4. The van der Waals surface area contributed by atoms with Crippen molar-refractivity contribution in [3.05, 3.63) is 167 Å². The van der Waals surface area contributed by atoms with Crippen LogP contribution in [-0.4, -0.2) is 44.4 Å². The molecule has 54 heavy (non-hydrogen) atoms. The van der Waals surface area contributed by atoms with E-state index in [1.807, 2.05) is 115 Å². The van der Waals surface area contributed by atoms with Crippen LogP contribution in [0.5, 0.6) is 17.2 Å². The number of hydrogen-bond acceptors (Lipinski definition) is 9. The number of benzene rings is 4. The molecular formula is C45H42NO8-. The van der Waals surface area contributed by atoms with Gasteiger partial charge in [-0.2, -0.15) is 0 Å². The largest absolute Gasteiger partial charge is 0.550 e. The Kier molecular flexibility index (Phi) is 12.5. The predicted octanol–water partition coefficient (Wildman–Crippen LogP) is 7.37. The number of allylic oxidation sites excluding steroid dienone is 1. The van der Waals surface area contributed by atoms with Crippen LogP contribution in [0.1, 0.15) is 47.9 Å². The first-order valence-electron chi connectivity index (χ1n) is 17.8. The summed E-state index contributed by atoms with van der Waals surface area (Å²) in [5.41, 5.74) is 6.59. The van der Waals surface area contributed by atoms with Crippen LogP contribution < -0.4 is 19.3 Å². The Morgan fingerprint density at radius 3 is 1.93 bits per heavy atom. The molecular weight excluding hydrogens is 682 g/mol. The standard InChI is InChI=1S/C45H43NO8/c1-50-39-20-14-37(15-21-39)45(36-9-4-3-5-10-36,38-16-22-40(51-2)23-17-38)54-31-34-11-24-42(46-28-34)35-12-18-41(19-13-35)52-29-32-7-6-8-33(27-32)30-53-44(49)26-25-43(47)48/h3-5,7,9-24,27-28H,6,8,25-26,29-31H2,1-2H3,(H,47,48)/p-1. The minimum absolute atomic E-state index is 0.134. The van der Waals surface area contributed by atoms with Crippen molar-refractivity contribution in [3.8, 4) is 28.5 Å². The van der Waals surface area contributed by atoms with Gasteiger partial charge < -0.3 is 33.6 Å². The highest BCUT2D eigenvalue weighted by molar-refractivity contribution is 5.75. The van der Waals surface area contributed by atoms with E-state index in [0.29, 0.717) is 19.0 Å². The Bertz CT molecular complexity index is 2010. The molecule has 0 bridgehead atoms. The summed E-state index contributed by atoms with van der Waals surface area (Å²) in [4.78, 5) is 27.1. The van der Waals surface area contributed by atoms with Gasteiger partial charge in [0, 0.05) is 17.7 Å². The number of methoxy groups -OCH3 is 2. The van der Waals surface area contributed by atoms with Gasteiger partial charge in [-0.05, 0) is 107 Å². The van der Waals surface area contributed by atoms with Gasteiger partial charge in [-0.3, -0.25) is 9.78 Å². The minimum atomic E-state index is -1.27. The van der Waals surface area contributed by atoms with E-state index in [2.05, 4.69) is 18.2 Å². The summed E-state index contributed by atoms with van der Waals surface area (Å²) in [5.74, 6) is 0.414. The van der Waals surface area contributed by atoms with Gasteiger partial charge in [-0.1, -0.05) is 72.8 Å². The summed E-state index contributed by atoms with van der Waals surface area (Å²) in [6, 6.07) is 37.9. The monoisotopic (exact) mass is 724 g/mol. The van der Waals surface area contributed by atoms with Crippen molar-refractivity contribution in [1.82, 2.24) is 4.98 Å². The van der Waals surface area contributed by atoms with Crippen molar-refractivity contribution in [1.29, 1.82) is 0 Å². The van der Waals surface area contributed by atoms with E-state index in [4.69, 9.17) is 28.7 Å². The van der Waals surface area contributed by atoms with Gasteiger partial charge in [0.05, 0.1) is 32.9 Å². The van der Waals surface area contributed by atoms with Crippen molar-refractivity contribution in [3.63, 3.8) is 0 Å². The van der Waals surface area contributed by atoms with Gasteiger partial charge in [-0.15, -0.1) is 0 Å². The maximum Gasteiger partial charge on any atom is 0.306 e. The molecule has 0 fully saturated rings. The first kappa shape index (κ1) is 37.6. The van der Waals surface area contributed by atoms with Gasteiger partial charge in [0.25, 0.3) is 0 Å². The van der Waals surface area contributed by atoms with Gasteiger partial charge >= 0.3 is 5.97 Å². The third-order valence-electron chi connectivity index (χ3n) is 9.22. The zero-order chi connectivity index (χ0) is 37.8. The molecule has 1 aromatic heterocycles. The molecule has 9 nitrogen and oxygen atoms in total. The van der Waals surface area contributed by atoms with Crippen LogP contribution in [0.25, 0.3) is 11.3 Å². The fourth-order valence-corrected chi connectivity index (χ4v) is 6.34. The Morgan fingerprint density at radius 1 is 0.704 bits per heavy atom. The van der Waals surface area contributed by atoms with Crippen molar-refractivity contribution in [2.45, 2.75) is 37.9 Å². The number of nitrogens with zero attached hydrogens (tertiary/aromatic N) is 1. The van der Waals surface area contributed by atoms with Crippen LogP contribution in [0.2, 0.25) is 0 Å². The van der Waals surface area contributed by atoms with Gasteiger partial charge in [0.2, 0.25) is 0 Å². The summed E-state index contributed by atoms with van der Waals surface area (Å²) >= 11 is 0. The lowest BCUT2D eigenvalue weighted by atomic mass is 9.80. The lowest BCUT2D eigenvalue weighted by Crippen LogP contribution is -2.32. The third-order valence-corrected chi connectivity index (χ3v) is 9.22. The fraction of sp³-hybridized carbons (Fsp3) is 0.222. The number of carboxylic acids is 1. The van der Waals surface area contributed by atoms with Crippen LogP contribution in [0, 0.1) is 0 Å². The maximum atomic E-state index is 11.8. The molecule has 0 spiro atoms. The quantitative estimate of drug-likeness (QED) is 0.0716. The molecule has 6 rings (SSSR count). The maximum absolute atomic E-state index is 11.8. The highest BCUT2D eigenvalue weighted by Gasteiger charge is 2.38. The Balaban J connectivity index is 1.12. The normalized spacial score (nSPS) is 12.6. The van der Waals surface area contributed by atoms with Crippen molar-refractivity contribution >= 4 is 11.9 Å². The van der Waals surface area contributed by atoms with Crippen LogP contribution in [0.15, 0.2) is 145 Å². The van der Waals surface area contributed by atoms with E-state index < -0.39 is 17.5 Å². The molecule has 0 radical (unpaired) electrons. The smallest absolute Gasteiger partial charge is 0.306 e. The molecule has 276 valence electrons. The molecule has 0 saturated carbocycles. The Labute approximate surface area is 315 Å². The molecule has 0 unspecified atom stereocenters. The van der Waals surface area contributed by atoms with Gasteiger partial charge in [-0.25, -0.2) is 0 Å². The number of carbonyl (C=O) groups is 2. The first-order valence-corrected chi connectivity index (χ1v) is 17.8. The number of carbonyl (C=O) groups excluding carboxylic acids is 2. The summed E-state index contributed by atoms with van der Waals surface area (Å²) < 4.78 is 29.2. The molecule has 0 N–H and O–H groups in total. The molecule has 0 amide bonds. The van der Waals surface area contributed by atoms with Crippen LogP contribution in [0.3, 0.4) is 0 Å². The SMILES string of the molecule is COc1ccc(C(OCc2ccc(-c3ccc(OCC4=CCCC(COC(=O)CCC(=O)[O-])=C4)cc3)nc2)(c2ccccc2)c2ccc(OC)cc2)cc1. The van der Waals surface area contributed by atoms with Crippen LogP contribution in [0.4, 0.5) is 0 Å².